The van der Waals surface area contributed by atoms with E-state index in [1.165, 1.54) is 0 Å². The Morgan fingerprint density at radius 3 is 2.07 bits per heavy atom. The lowest BCUT2D eigenvalue weighted by molar-refractivity contribution is -0.136. The average Bonchev–Trinajstić information content (AvgIpc) is 2.67. The molecule has 0 fully saturated rings. The molecule has 148 valence electrons. The van der Waals surface area contributed by atoms with Gasteiger partial charge in [-0.25, -0.2) is 0 Å². The molecule has 0 aliphatic carbocycles. The number of carboxylic acids is 1. The van der Waals surface area contributed by atoms with Gasteiger partial charge in [-0.3, -0.25) is 14.4 Å². The van der Waals surface area contributed by atoms with E-state index in [4.69, 9.17) is 9.84 Å². The molecule has 3 N–H and O–H groups in total. The third-order valence-electron chi connectivity index (χ3n) is 3.73. The molecule has 0 atom stereocenters. The molecule has 0 bridgehead atoms. The van der Waals surface area contributed by atoms with Crippen LogP contribution in [-0.4, -0.2) is 36.0 Å². The molecule has 0 aliphatic rings. The fraction of sp³-hybridized carbons (Fsp3) is 0.286. The van der Waals surface area contributed by atoms with Gasteiger partial charge in [-0.1, -0.05) is 13.8 Å². The molecule has 2 rings (SSSR count). The van der Waals surface area contributed by atoms with Crippen molar-refractivity contribution in [2.24, 2.45) is 5.92 Å². The van der Waals surface area contributed by atoms with Gasteiger partial charge in [0, 0.05) is 23.4 Å². The Hall–Kier alpha value is -3.35. The lowest BCUT2D eigenvalue weighted by Gasteiger charge is -2.10. The molecule has 0 unspecified atom stereocenters. The van der Waals surface area contributed by atoms with Gasteiger partial charge in [0.05, 0.1) is 13.0 Å². The maximum atomic E-state index is 12.3. The second-order valence-electron chi connectivity index (χ2n) is 6.66. The van der Waals surface area contributed by atoms with Gasteiger partial charge in [0.25, 0.3) is 11.8 Å². The van der Waals surface area contributed by atoms with Crippen LogP contribution in [0.15, 0.2) is 48.5 Å². The van der Waals surface area contributed by atoms with Crippen LogP contribution in [0.1, 0.15) is 41.0 Å². The number of hydrogen-bond acceptors (Lipinski definition) is 4. The molecule has 0 saturated carbocycles. The van der Waals surface area contributed by atoms with Gasteiger partial charge in [-0.05, 0) is 54.4 Å². The molecular weight excluding hydrogens is 360 g/mol. The molecule has 2 aromatic rings. The fourth-order valence-electron chi connectivity index (χ4n) is 2.26. The molecule has 0 heterocycles. The number of benzene rings is 2. The number of carboxylic acid groups (broad SMARTS) is 1. The van der Waals surface area contributed by atoms with Crippen LogP contribution >= 0.6 is 0 Å². The van der Waals surface area contributed by atoms with E-state index in [-0.39, 0.29) is 24.8 Å². The lowest BCUT2D eigenvalue weighted by atomic mass is 10.1. The van der Waals surface area contributed by atoms with E-state index in [9.17, 15) is 14.4 Å². The number of amides is 2. The molecule has 0 aliphatic heterocycles. The summed E-state index contributed by atoms with van der Waals surface area (Å²) in [5.74, 6) is -0.475. The quantitative estimate of drug-likeness (QED) is 0.616. The Balaban J connectivity index is 1.89. The molecule has 0 saturated heterocycles. The van der Waals surface area contributed by atoms with Crippen LogP contribution in [0.3, 0.4) is 0 Å². The number of hydrogen-bond donors (Lipinski definition) is 3. The van der Waals surface area contributed by atoms with Crippen molar-refractivity contribution in [3.63, 3.8) is 0 Å². The number of ether oxygens (including phenoxy) is 1. The summed E-state index contributed by atoms with van der Waals surface area (Å²) in [4.78, 5) is 34.7. The van der Waals surface area contributed by atoms with Crippen molar-refractivity contribution in [1.82, 2.24) is 5.32 Å². The predicted molar refractivity (Wildman–Crippen MR) is 106 cm³/mol. The summed E-state index contributed by atoms with van der Waals surface area (Å²) in [7, 11) is 0. The number of nitrogens with one attached hydrogen (secondary N) is 2. The molecule has 0 aromatic heterocycles. The highest BCUT2D eigenvalue weighted by Gasteiger charge is 2.09. The zero-order chi connectivity index (χ0) is 20.5. The first-order valence-electron chi connectivity index (χ1n) is 8.99. The zero-order valence-corrected chi connectivity index (χ0v) is 15.9. The minimum atomic E-state index is -0.974. The second kappa shape index (κ2) is 10.1. The smallest absolute Gasteiger partial charge is 0.305 e. The summed E-state index contributed by atoms with van der Waals surface area (Å²) in [5.41, 5.74) is 1.43. The molecule has 0 spiro atoms. The van der Waals surface area contributed by atoms with Crippen molar-refractivity contribution in [2.45, 2.75) is 20.3 Å². The van der Waals surface area contributed by atoms with Crippen LogP contribution in [0.5, 0.6) is 5.75 Å². The van der Waals surface area contributed by atoms with Gasteiger partial charge in [-0.15, -0.1) is 0 Å². The van der Waals surface area contributed by atoms with Crippen molar-refractivity contribution in [1.29, 1.82) is 0 Å². The number of rotatable bonds is 9. The Kier molecular flexibility index (Phi) is 7.56. The summed E-state index contributed by atoms with van der Waals surface area (Å²) in [6.45, 7) is 4.80. The second-order valence-corrected chi connectivity index (χ2v) is 6.66. The van der Waals surface area contributed by atoms with E-state index in [1.54, 1.807) is 48.5 Å². The van der Waals surface area contributed by atoms with Gasteiger partial charge in [-0.2, -0.15) is 0 Å². The van der Waals surface area contributed by atoms with E-state index < -0.39 is 5.97 Å². The van der Waals surface area contributed by atoms with Gasteiger partial charge >= 0.3 is 5.97 Å². The van der Waals surface area contributed by atoms with Gasteiger partial charge in [0.2, 0.25) is 0 Å². The van der Waals surface area contributed by atoms with Gasteiger partial charge in [0.15, 0.2) is 0 Å². The van der Waals surface area contributed by atoms with E-state index in [0.717, 1.165) is 0 Å². The highest BCUT2D eigenvalue weighted by atomic mass is 16.5. The van der Waals surface area contributed by atoms with Gasteiger partial charge < -0.3 is 20.5 Å². The highest BCUT2D eigenvalue weighted by molar-refractivity contribution is 6.04. The van der Waals surface area contributed by atoms with Crippen LogP contribution in [-0.2, 0) is 4.79 Å². The highest BCUT2D eigenvalue weighted by Crippen LogP contribution is 2.15. The average molecular weight is 384 g/mol. The third-order valence-corrected chi connectivity index (χ3v) is 3.73. The van der Waals surface area contributed by atoms with E-state index >= 15 is 0 Å². The molecule has 2 aromatic carbocycles. The van der Waals surface area contributed by atoms with Crippen LogP contribution in [0, 0.1) is 5.92 Å². The minimum absolute atomic E-state index is 0.0591. The maximum absolute atomic E-state index is 12.3. The SMILES string of the molecule is CC(C)COc1ccc(C(=O)Nc2ccc(C(=O)NCCC(=O)O)cc2)cc1. The van der Waals surface area contributed by atoms with E-state index in [2.05, 4.69) is 24.5 Å². The van der Waals surface area contributed by atoms with Gasteiger partial charge in [0.1, 0.15) is 5.75 Å². The largest absolute Gasteiger partial charge is 0.493 e. The number of carbonyl (C=O) groups is 3. The number of anilines is 1. The van der Waals surface area contributed by atoms with Crippen molar-refractivity contribution < 1.29 is 24.2 Å². The van der Waals surface area contributed by atoms with Crippen LogP contribution in [0.2, 0.25) is 0 Å². The third kappa shape index (κ3) is 6.75. The van der Waals surface area contributed by atoms with Crippen LogP contribution < -0.4 is 15.4 Å². The normalized spacial score (nSPS) is 10.4. The number of carbonyl (C=O) groups excluding carboxylic acids is 2. The topological polar surface area (TPSA) is 105 Å². The summed E-state index contributed by atoms with van der Waals surface area (Å²) < 4.78 is 5.59. The first-order valence-corrected chi connectivity index (χ1v) is 8.99. The molecular formula is C21H24N2O5. The molecule has 7 nitrogen and oxygen atoms in total. The van der Waals surface area contributed by atoms with E-state index in [1.807, 2.05) is 0 Å². The van der Waals surface area contributed by atoms with Crippen molar-refractivity contribution in [2.75, 3.05) is 18.5 Å². The summed E-state index contributed by atoms with van der Waals surface area (Å²) in [6, 6.07) is 13.2. The predicted octanol–water partition coefficient (Wildman–Crippen LogP) is 3.18. The Bertz CT molecular complexity index is 814. The fourth-order valence-corrected chi connectivity index (χ4v) is 2.26. The molecule has 0 radical (unpaired) electrons. The Labute approximate surface area is 163 Å². The van der Waals surface area contributed by atoms with Crippen LogP contribution in [0.25, 0.3) is 0 Å². The summed E-state index contributed by atoms with van der Waals surface area (Å²) in [5, 5.41) is 13.9. The molecule has 28 heavy (non-hydrogen) atoms. The first kappa shape index (κ1) is 21.0. The molecule has 2 amide bonds. The van der Waals surface area contributed by atoms with Crippen molar-refractivity contribution in [3.8, 4) is 5.75 Å². The minimum Gasteiger partial charge on any atom is -0.493 e. The monoisotopic (exact) mass is 384 g/mol. The summed E-state index contributed by atoms with van der Waals surface area (Å²) in [6.07, 6.45) is -0.138. The molecule has 7 heteroatoms. The van der Waals surface area contributed by atoms with Crippen molar-refractivity contribution in [3.05, 3.63) is 59.7 Å². The lowest BCUT2D eigenvalue weighted by Crippen LogP contribution is -2.25. The maximum Gasteiger partial charge on any atom is 0.305 e. The Morgan fingerprint density at radius 2 is 1.50 bits per heavy atom. The Morgan fingerprint density at radius 1 is 0.929 bits per heavy atom. The summed E-state index contributed by atoms with van der Waals surface area (Å²) >= 11 is 0. The van der Waals surface area contributed by atoms with Crippen LogP contribution in [0.4, 0.5) is 5.69 Å². The van der Waals surface area contributed by atoms with Crippen molar-refractivity contribution >= 4 is 23.5 Å². The first-order chi connectivity index (χ1) is 13.3. The zero-order valence-electron chi connectivity index (χ0n) is 15.9. The number of aliphatic carboxylic acids is 1. The standard InChI is InChI=1S/C21H24N2O5/c1-14(2)13-28-18-9-5-16(6-10-18)21(27)23-17-7-3-15(4-8-17)20(26)22-12-11-19(24)25/h3-10,14H,11-13H2,1-2H3,(H,22,26)(H,23,27)(H,24,25). The van der Waals surface area contributed by atoms with E-state index in [0.29, 0.717) is 35.1 Å².